The molecule has 6 aromatic heterocycles. The molecule has 0 spiro atoms. The molecule has 0 atom stereocenters. The average molecular weight is 1020 g/mol. The van der Waals surface area contributed by atoms with Crippen molar-refractivity contribution in [2.45, 2.75) is 0 Å². The summed E-state index contributed by atoms with van der Waals surface area (Å²) in [5.41, 5.74) is 18.9. The van der Waals surface area contributed by atoms with E-state index in [0.29, 0.717) is 0 Å². The van der Waals surface area contributed by atoms with Crippen LogP contribution in [0.4, 0.5) is 0 Å². The van der Waals surface area contributed by atoms with Gasteiger partial charge in [-0.1, -0.05) is 97.1 Å². The molecule has 370 valence electrons. The molecule has 0 radical (unpaired) electrons. The van der Waals surface area contributed by atoms with E-state index in [9.17, 15) is 0 Å². The van der Waals surface area contributed by atoms with Gasteiger partial charge in [0, 0.05) is 116 Å². The van der Waals surface area contributed by atoms with Gasteiger partial charge in [-0.3, -0.25) is 19.9 Å². The van der Waals surface area contributed by atoms with Crippen molar-refractivity contribution in [3.8, 4) is 89.5 Å². The number of aromatic amines is 2. The Hall–Kier alpha value is -11.0. The number of pyridine rings is 4. The van der Waals surface area contributed by atoms with Gasteiger partial charge in [0.1, 0.15) is 0 Å². The van der Waals surface area contributed by atoms with Crippen LogP contribution in [0, 0.1) is 0 Å². The molecule has 80 heavy (non-hydrogen) atoms. The highest BCUT2D eigenvalue weighted by atomic mass is 14.8. The number of nitrogens with one attached hydrogen (secondary N) is 2. The van der Waals surface area contributed by atoms with Crippen LogP contribution in [-0.4, -0.2) is 39.9 Å². The van der Waals surface area contributed by atoms with Crippen molar-refractivity contribution in [2.75, 3.05) is 0 Å². The molecule has 2 aliphatic heterocycles. The summed E-state index contributed by atoms with van der Waals surface area (Å²) in [7, 11) is 0. The van der Waals surface area contributed by atoms with Crippen LogP contribution in [0.15, 0.2) is 244 Å². The van der Waals surface area contributed by atoms with Crippen molar-refractivity contribution < 1.29 is 0 Å². The minimum absolute atomic E-state index is 0.843. The fourth-order valence-electron chi connectivity index (χ4n) is 12.8. The number of hydrogen-bond acceptors (Lipinski definition) is 6. The quantitative estimate of drug-likeness (QED) is 0.182. The SMILES string of the molecule is c1ccc2cc3c(cc2c1)-c1nc-3c(-c2ccncc2)c2[nH]c(c(-c3ccncc3)c3nc(c(-c4ccncc4)c4[nH]c(c1-c1ccncc1)c1cc5ccccc5cc41)-c1cc4ccccc4cc1-3)c1cc3ccccc3cc21. The van der Waals surface area contributed by atoms with Gasteiger partial charge in [0.05, 0.1) is 44.8 Å². The molecule has 8 heteroatoms. The zero-order valence-electron chi connectivity index (χ0n) is 42.8. The lowest BCUT2D eigenvalue weighted by Gasteiger charge is -2.10. The highest BCUT2D eigenvalue weighted by Crippen LogP contribution is 2.53. The van der Waals surface area contributed by atoms with Crippen molar-refractivity contribution >= 4 is 86.7 Å². The summed E-state index contributed by atoms with van der Waals surface area (Å²) in [6.07, 6.45) is 15.1. The fraction of sp³-hybridized carbons (Fsp3) is 0. The summed E-state index contributed by atoms with van der Waals surface area (Å²) < 4.78 is 0. The second kappa shape index (κ2) is 17.3. The zero-order chi connectivity index (χ0) is 52.4. The van der Waals surface area contributed by atoms with E-state index in [-0.39, 0.29) is 0 Å². The van der Waals surface area contributed by atoms with Crippen LogP contribution >= 0.6 is 0 Å². The molecule has 8 aromatic carbocycles. The maximum Gasteiger partial charge on any atom is 0.0816 e. The van der Waals surface area contributed by atoms with Crippen molar-refractivity contribution in [2.24, 2.45) is 0 Å². The van der Waals surface area contributed by atoms with Gasteiger partial charge in [-0.05, 0) is 162 Å². The first-order valence-corrected chi connectivity index (χ1v) is 26.9. The molecule has 3 aliphatic rings. The first kappa shape index (κ1) is 44.2. The first-order chi connectivity index (χ1) is 39.7. The number of aromatic nitrogens is 8. The average Bonchev–Trinajstić information content (AvgIpc) is 4.34. The maximum atomic E-state index is 6.11. The molecule has 8 heterocycles. The number of benzene rings is 8. The van der Waals surface area contributed by atoms with Gasteiger partial charge in [0.25, 0.3) is 0 Å². The van der Waals surface area contributed by atoms with E-state index in [1.165, 1.54) is 0 Å². The second-order valence-electron chi connectivity index (χ2n) is 20.8. The summed E-state index contributed by atoms with van der Waals surface area (Å²) in [6.45, 7) is 0. The minimum atomic E-state index is 0.843. The third kappa shape index (κ3) is 6.69. The van der Waals surface area contributed by atoms with Gasteiger partial charge < -0.3 is 9.97 Å². The van der Waals surface area contributed by atoms with Gasteiger partial charge in [-0.2, -0.15) is 0 Å². The Balaban J connectivity index is 1.23. The first-order valence-electron chi connectivity index (χ1n) is 26.9. The number of H-pyrrole nitrogens is 2. The Kier molecular flexibility index (Phi) is 9.54. The summed E-state index contributed by atoms with van der Waals surface area (Å²) in [6, 6.07) is 70.1. The fourth-order valence-corrected chi connectivity index (χ4v) is 12.8. The monoisotopic (exact) mass is 1020 g/mol. The van der Waals surface area contributed by atoms with Crippen molar-refractivity contribution in [1.29, 1.82) is 0 Å². The largest absolute Gasteiger partial charge is 0.353 e. The summed E-state index contributed by atoms with van der Waals surface area (Å²) in [5.74, 6) is 0. The molecule has 8 nitrogen and oxygen atoms in total. The molecule has 17 rings (SSSR count). The Bertz CT molecular complexity index is 4630. The van der Waals surface area contributed by atoms with Gasteiger partial charge in [0.2, 0.25) is 0 Å². The van der Waals surface area contributed by atoms with E-state index in [1.54, 1.807) is 0 Å². The van der Waals surface area contributed by atoms with Crippen LogP contribution in [0.2, 0.25) is 0 Å². The Morgan fingerprint density at radius 1 is 0.225 bits per heavy atom. The van der Waals surface area contributed by atoms with E-state index in [0.717, 1.165) is 176 Å². The molecular weight excluding hydrogens is 977 g/mol. The topological polar surface area (TPSA) is 109 Å². The highest BCUT2D eigenvalue weighted by molar-refractivity contribution is 6.25. The van der Waals surface area contributed by atoms with E-state index in [2.05, 4.69) is 224 Å². The van der Waals surface area contributed by atoms with Crippen molar-refractivity contribution in [3.05, 3.63) is 244 Å². The van der Waals surface area contributed by atoms with Gasteiger partial charge >= 0.3 is 0 Å². The van der Waals surface area contributed by atoms with Gasteiger partial charge in [-0.25, -0.2) is 9.97 Å². The van der Waals surface area contributed by atoms with Crippen molar-refractivity contribution in [3.63, 3.8) is 0 Å². The second-order valence-corrected chi connectivity index (χ2v) is 20.8. The zero-order valence-corrected chi connectivity index (χ0v) is 42.8. The molecule has 0 saturated carbocycles. The third-order valence-electron chi connectivity index (χ3n) is 16.4. The maximum absolute atomic E-state index is 6.11. The number of rotatable bonds is 4. The predicted molar refractivity (Wildman–Crippen MR) is 328 cm³/mol. The molecule has 0 unspecified atom stereocenters. The molecule has 14 aromatic rings. The summed E-state index contributed by atoms with van der Waals surface area (Å²) in [5, 5.41) is 13.2. The smallest absolute Gasteiger partial charge is 0.0816 e. The van der Waals surface area contributed by atoms with Crippen LogP contribution in [-0.2, 0) is 0 Å². The van der Waals surface area contributed by atoms with Crippen LogP contribution in [0.25, 0.3) is 176 Å². The van der Waals surface area contributed by atoms with Crippen LogP contribution < -0.4 is 0 Å². The van der Waals surface area contributed by atoms with Crippen LogP contribution in [0.3, 0.4) is 0 Å². The molecule has 0 amide bonds. The van der Waals surface area contributed by atoms with Crippen molar-refractivity contribution in [1.82, 2.24) is 39.9 Å². The minimum Gasteiger partial charge on any atom is -0.353 e. The standard InChI is InChI=1S/C72H42N8/c1-2-10-46-34-54-53(33-45(46)9-1)65-61(41-17-25-73-26-18-41)67-55-35-47-11-3-4-12-48(47)36-56(55)69(78-67)63(43-21-29-75-30-22-43)71-59-39-51-15-7-8-16-52(51)40-60(59)72(80-71)64(44-23-31-76-32-24-44)70-58-38-50-14-6-5-13-49(50)37-57(58)68(79-70)62(66(54)77-65)42-19-27-74-28-20-42/h1-40,77,80H. The van der Waals surface area contributed by atoms with Crippen LogP contribution in [0.5, 0.6) is 0 Å². The van der Waals surface area contributed by atoms with E-state index in [4.69, 9.17) is 9.97 Å². The molecular formula is C72H42N8. The molecule has 8 bridgehead atoms. The summed E-state index contributed by atoms with van der Waals surface area (Å²) in [4.78, 5) is 39.1. The normalized spacial score (nSPS) is 12.0. The molecule has 2 N–H and O–H groups in total. The molecule has 0 saturated heterocycles. The lowest BCUT2D eigenvalue weighted by Crippen LogP contribution is -1.88. The molecule has 0 fully saturated rings. The number of hydrogen-bond donors (Lipinski definition) is 2. The van der Waals surface area contributed by atoms with Gasteiger partial charge in [-0.15, -0.1) is 0 Å². The Morgan fingerprint density at radius 3 is 0.637 bits per heavy atom. The number of nitrogens with zero attached hydrogens (tertiary/aromatic N) is 6. The van der Waals surface area contributed by atoms with E-state index in [1.807, 2.05) is 49.6 Å². The third-order valence-corrected chi connectivity index (χ3v) is 16.4. The number of fused-ring (bicyclic) bond motifs is 4. The Morgan fingerprint density at radius 2 is 0.425 bits per heavy atom. The van der Waals surface area contributed by atoms with Crippen LogP contribution in [0.1, 0.15) is 0 Å². The summed E-state index contributed by atoms with van der Waals surface area (Å²) >= 11 is 0. The lowest BCUT2D eigenvalue weighted by atomic mass is 9.91. The van der Waals surface area contributed by atoms with E-state index >= 15 is 0 Å². The van der Waals surface area contributed by atoms with E-state index < -0.39 is 0 Å². The Labute approximate surface area is 457 Å². The lowest BCUT2D eigenvalue weighted by molar-refractivity contribution is 1.32. The molecule has 1 aliphatic carbocycles. The highest BCUT2D eigenvalue weighted by Gasteiger charge is 2.31. The van der Waals surface area contributed by atoms with Gasteiger partial charge in [0.15, 0.2) is 0 Å². The predicted octanol–water partition coefficient (Wildman–Crippen LogP) is 18.1.